The highest BCUT2D eigenvalue weighted by molar-refractivity contribution is 9.10. The molecular formula is C11H9BrN2. The maximum Gasteiger partial charge on any atom is 0.0674 e. The Balaban J connectivity index is 2.19. The van der Waals surface area contributed by atoms with Crippen LogP contribution in [0.2, 0.25) is 0 Å². The van der Waals surface area contributed by atoms with Crippen molar-refractivity contribution >= 4 is 15.9 Å². The van der Waals surface area contributed by atoms with E-state index in [4.69, 9.17) is 0 Å². The maximum atomic E-state index is 4.04. The zero-order valence-corrected chi connectivity index (χ0v) is 9.11. The van der Waals surface area contributed by atoms with Crippen LogP contribution in [0.5, 0.6) is 0 Å². The number of rotatable bonds is 2. The summed E-state index contributed by atoms with van der Waals surface area (Å²) in [5.74, 6) is 0. The zero-order chi connectivity index (χ0) is 9.80. The van der Waals surface area contributed by atoms with Crippen LogP contribution in [0.15, 0.2) is 47.1 Å². The molecular weight excluding hydrogens is 240 g/mol. The van der Waals surface area contributed by atoms with Gasteiger partial charge < -0.3 is 0 Å². The number of nitrogens with zero attached hydrogens (tertiary/aromatic N) is 2. The van der Waals surface area contributed by atoms with E-state index in [0.717, 1.165) is 16.6 Å². The monoisotopic (exact) mass is 248 g/mol. The molecule has 1 aromatic heterocycles. The molecule has 0 aliphatic heterocycles. The van der Waals surface area contributed by atoms with Gasteiger partial charge in [0, 0.05) is 17.1 Å². The fraction of sp³-hybridized carbons (Fsp3) is 0.0909. The molecule has 0 N–H and O–H groups in total. The quantitative estimate of drug-likeness (QED) is 0.817. The third-order valence-electron chi connectivity index (χ3n) is 1.90. The van der Waals surface area contributed by atoms with Gasteiger partial charge in [-0.25, -0.2) is 0 Å². The summed E-state index contributed by atoms with van der Waals surface area (Å²) in [6.07, 6.45) is 2.51. The SMILES string of the molecule is Brc1cccc(Cc2cccnn2)c1. The smallest absolute Gasteiger partial charge is 0.0674 e. The van der Waals surface area contributed by atoms with Crippen LogP contribution in [0.3, 0.4) is 0 Å². The summed E-state index contributed by atoms with van der Waals surface area (Å²) in [4.78, 5) is 0. The van der Waals surface area contributed by atoms with Crippen molar-refractivity contribution in [1.29, 1.82) is 0 Å². The van der Waals surface area contributed by atoms with E-state index < -0.39 is 0 Å². The van der Waals surface area contributed by atoms with Gasteiger partial charge in [-0.1, -0.05) is 28.1 Å². The molecule has 1 aromatic carbocycles. The lowest BCUT2D eigenvalue weighted by molar-refractivity contribution is 0.936. The minimum absolute atomic E-state index is 0.827. The van der Waals surface area contributed by atoms with Gasteiger partial charge >= 0.3 is 0 Å². The van der Waals surface area contributed by atoms with E-state index in [-0.39, 0.29) is 0 Å². The molecule has 0 amide bonds. The Morgan fingerprint density at radius 2 is 2.07 bits per heavy atom. The van der Waals surface area contributed by atoms with Crippen LogP contribution in [0, 0.1) is 0 Å². The van der Waals surface area contributed by atoms with Crippen LogP contribution in [0.4, 0.5) is 0 Å². The van der Waals surface area contributed by atoms with Crippen molar-refractivity contribution < 1.29 is 0 Å². The average molecular weight is 249 g/mol. The summed E-state index contributed by atoms with van der Waals surface area (Å²) < 4.78 is 1.10. The first-order valence-corrected chi connectivity index (χ1v) is 5.15. The molecule has 2 aromatic rings. The van der Waals surface area contributed by atoms with Crippen molar-refractivity contribution in [2.45, 2.75) is 6.42 Å². The van der Waals surface area contributed by atoms with Gasteiger partial charge in [0.15, 0.2) is 0 Å². The van der Waals surface area contributed by atoms with Gasteiger partial charge in [0.05, 0.1) is 5.69 Å². The van der Waals surface area contributed by atoms with E-state index in [1.165, 1.54) is 5.56 Å². The van der Waals surface area contributed by atoms with Gasteiger partial charge in [0.25, 0.3) is 0 Å². The number of aromatic nitrogens is 2. The Hall–Kier alpha value is -1.22. The Morgan fingerprint density at radius 1 is 1.14 bits per heavy atom. The van der Waals surface area contributed by atoms with Crippen molar-refractivity contribution in [2.75, 3.05) is 0 Å². The number of benzene rings is 1. The first kappa shape index (κ1) is 9.34. The molecule has 0 saturated carbocycles. The van der Waals surface area contributed by atoms with E-state index in [9.17, 15) is 0 Å². The van der Waals surface area contributed by atoms with Gasteiger partial charge in [-0.05, 0) is 29.8 Å². The van der Waals surface area contributed by atoms with Gasteiger partial charge in [0.2, 0.25) is 0 Å². The summed E-state index contributed by atoms with van der Waals surface area (Å²) >= 11 is 3.44. The molecule has 3 heteroatoms. The second-order valence-corrected chi connectivity index (χ2v) is 3.94. The molecule has 0 atom stereocenters. The van der Waals surface area contributed by atoms with E-state index in [2.05, 4.69) is 38.3 Å². The fourth-order valence-corrected chi connectivity index (χ4v) is 1.73. The van der Waals surface area contributed by atoms with E-state index in [1.54, 1.807) is 6.20 Å². The van der Waals surface area contributed by atoms with Crippen LogP contribution in [-0.4, -0.2) is 10.2 Å². The summed E-state index contributed by atoms with van der Waals surface area (Å²) in [7, 11) is 0. The molecule has 0 unspecified atom stereocenters. The number of hydrogen-bond acceptors (Lipinski definition) is 2. The van der Waals surface area contributed by atoms with Gasteiger partial charge in [0.1, 0.15) is 0 Å². The average Bonchev–Trinajstić information content (AvgIpc) is 2.19. The zero-order valence-electron chi connectivity index (χ0n) is 7.52. The molecule has 70 valence electrons. The second kappa shape index (κ2) is 4.33. The van der Waals surface area contributed by atoms with Crippen molar-refractivity contribution in [2.24, 2.45) is 0 Å². The van der Waals surface area contributed by atoms with E-state index in [1.807, 2.05) is 24.3 Å². The lowest BCUT2D eigenvalue weighted by Crippen LogP contribution is -1.92. The van der Waals surface area contributed by atoms with Crippen molar-refractivity contribution in [1.82, 2.24) is 10.2 Å². The maximum absolute atomic E-state index is 4.04. The predicted molar refractivity (Wildman–Crippen MR) is 59.0 cm³/mol. The lowest BCUT2D eigenvalue weighted by atomic mass is 10.1. The van der Waals surface area contributed by atoms with Crippen molar-refractivity contribution in [3.8, 4) is 0 Å². The molecule has 0 saturated heterocycles. The molecule has 0 spiro atoms. The fourth-order valence-electron chi connectivity index (χ4n) is 1.28. The van der Waals surface area contributed by atoms with E-state index in [0.29, 0.717) is 0 Å². The molecule has 0 aliphatic rings. The molecule has 0 aliphatic carbocycles. The van der Waals surface area contributed by atoms with Gasteiger partial charge in [-0.3, -0.25) is 0 Å². The summed E-state index contributed by atoms with van der Waals surface area (Å²) in [6.45, 7) is 0. The Labute approximate surface area is 91.1 Å². The third kappa shape index (κ3) is 2.39. The van der Waals surface area contributed by atoms with Crippen LogP contribution in [0.25, 0.3) is 0 Å². The normalized spacial score (nSPS) is 10.1. The molecule has 0 radical (unpaired) electrons. The minimum atomic E-state index is 0.827. The highest BCUT2D eigenvalue weighted by Gasteiger charge is 1.97. The molecule has 0 fully saturated rings. The highest BCUT2D eigenvalue weighted by Crippen LogP contribution is 2.13. The van der Waals surface area contributed by atoms with Gasteiger partial charge in [-0.15, -0.1) is 0 Å². The summed E-state index contributed by atoms with van der Waals surface area (Å²) in [6, 6.07) is 12.1. The summed E-state index contributed by atoms with van der Waals surface area (Å²) in [5, 5.41) is 7.88. The summed E-state index contributed by atoms with van der Waals surface area (Å²) in [5.41, 5.74) is 2.23. The van der Waals surface area contributed by atoms with E-state index >= 15 is 0 Å². The van der Waals surface area contributed by atoms with Crippen LogP contribution < -0.4 is 0 Å². The van der Waals surface area contributed by atoms with Crippen molar-refractivity contribution in [3.63, 3.8) is 0 Å². The molecule has 0 bridgehead atoms. The Bertz CT molecular complexity index is 415. The van der Waals surface area contributed by atoms with Crippen LogP contribution in [0.1, 0.15) is 11.3 Å². The second-order valence-electron chi connectivity index (χ2n) is 3.02. The first-order chi connectivity index (χ1) is 6.84. The van der Waals surface area contributed by atoms with Crippen LogP contribution in [-0.2, 0) is 6.42 Å². The molecule has 2 nitrogen and oxygen atoms in total. The Morgan fingerprint density at radius 3 is 2.79 bits per heavy atom. The highest BCUT2D eigenvalue weighted by atomic mass is 79.9. The predicted octanol–water partition coefficient (Wildman–Crippen LogP) is 2.83. The minimum Gasteiger partial charge on any atom is -0.159 e. The molecule has 1 heterocycles. The molecule has 2 rings (SSSR count). The van der Waals surface area contributed by atoms with Crippen LogP contribution >= 0.6 is 15.9 Å². The standard InChI is InChI=1S/C11H9BrN2/c12-10-4-1-3-9(7-10)8-11-5-2-6-13-14-11/h1-7H,8H2. The van der Waals surface area contributed by atoms with Crippen molar-refractivity contribution in [3.05, 3.63) is 58.3 Å². The Kier molecular flexibility index (Phi) is 2.89. The number of hydrogen-bond donors (Lipinski definition) is 0. The number of halogens is 1. The topological polar surface area (TPSA) is 25.8 Å². The lowest BCUT2D eigenvalue weighted by Gasteiger charge is -2.00. The third-order valence-corrected chi connectivity index (χ3v) is 2.40. The van der Waals surface area contributed by atoms with Gasteiger partial charge in [-0.2, -0.15) is 10.2 Å². The molecule has 14 heavy (non-hydrogen) atoms. The first-order valence-electron chi connectivity index (χ1n) is 4.35. The largest absolute Gasteiger partial charge is 0.159 e.